The molecule has 0 radical (unpaired) electrons. The normalized spacial score (nSPS) is 10.1. The molecular weight excluding hydrogens is 218 g/mol. The maximum absolute atomic E-state index is 11.8. The van der Waals surface area contributed by atoms with E-state index >= 15 is 0 Å². The van der Waals surface area contributed by atoms with Crippen LogP contribution in [0.1, 0.15) is 10.4 Å². The van der Waals surface area contributed by atoms with Crippen LogP contribution in [0.25, 0.3) is 10.8 Å². The first-order valence-corrected chi connectivity index (χ1v) is 5.13. The molecule has 0 aliphatic rings. The van der Waals surface area contributed by atoms with Crippen LogP contribution in [0.4, 0.5) is 0 Å². The molecule has 0 aliphatic heterocycles. The predicted octanol–water partition coefficient (Wildman–Crippen LogP) is 1.71. The van der Waals surface area contributed by atoms with Gasteiger partial charge in [0, 0.05) is 11.9 Å². The van der Waals surface area contributed by atoms with Crippen LogP contribution in [0.5, 0.6) is 0 Å². The van der Waals surface area contributed by atoms with E-state index in [1.54, 1.807) is 30.3 Å². The fourth-order valence-corrected chi connectivity index (χ4v) is 1.57. The van der Waals surface area contributed by atoms with Crippen LogP contribution in [-0.4, -0.2) is 12.5 Å². The maximum atomic E-state index is 11.8. The fraction of sp³-hybridized carbons (Fsp3) is 0.0769. The van der Waals surface area contributed by atoms with Crippen LogP contribution < -0.4 is 10.9 Å². The third kappa shape index (κ3) is 2.10. The number of rotatable bonds is 3. The summed E-state index contributed by atoms with van der Waals surface area (Å²) >= 11 is 0. The van der Waals surface area contributed by atoms with Gasteiger partial charge in [0.1, 0.15) is 6.26 Å². The highest BCUT2D eigenvalue weighted by molar-refractivity contribution is 6.06. The Morgan fingerprint density at radius 2 is 2.06 bits per heavy atom. The van der Waals surface area contributed by atoms with Crippen molar-refractivity contribution in [3.63, 3.8) is 0 Å². The molecule has 1 aromatic heterocycles. The number of amides is 1. The van der Waals surface area contributed by atoms with Crippen LogP contribution in [0.3, 0.4) is 0 Å². The third-order valence-corrected chi connectivity index (χ3v) is 2.37. The molecule has 1 aromatic carbocycles. The van der Waals surface area contributed by atoms with Gasteiger partial charge in [0.05, 0.1) is 10.9 Å². The Morgan fingerprint density at radius 1 is 1.35 bits per heavy atom. The first-order valence-electron chi connectivity index (χ1n) is 5.13. The number of carbonyl (C=O) groups is 1. The summed E-state index contributed by atoms with van der Waals surface area (Å²) in [5.74, 6) is -0.287. The number of benzene rings is 1. The molecule has 2 aromatic rings. The van der Waals surface area contributed by atoms with Crippen LogP contribution in [-0.2, 0) is 0 Å². The molecule has 2 rings (SSSR count). The average molecular weight is 229 g/mol. The molecule has 0 saturated carbocycles. The van der Waals surface area contributed by atoms with Gasteiger partial charge in [-0.25, -0.2) is 4.79 Å². The first kappa shape index (κ1) is 11.1. The van der Waals surface area contributed by atoms with Gasteiger partial charge in [-0.2, -0.15) is 0 Å². The minimum Gasteiger partial charge on any atom is -0.430 e. The Balaban J connectivity index is 2.55. The summed E-state index contributed by atoms with van der Waals surface area (Å²) in [6.07, 6.45) is 2.77. The van der Waals surface area contributed by atoms with E-state index < -0.39 is 5.63 Å². The van der Waals surface area contributed by atoms with Gasteiger partial charge in [-0.15, -0.1) is 6.58 Å². The van der Waals surface area contributed by atoms with Gasteiger partial charge in [0.15, 0.2) is 0 Å². The predicted molar refractivity (Wildman–Crippen MR) is 65.0 cm³/mol. The highest BCUT2D eigenvalue weighted by atomic mass is 16.4. The lowest BCUT2D eigenvalue weighted by Gasteiger charge is -2.04. The molecule has 0 aliphatic carbocycles. The van der Waals surface area contributed by atoms with E-state index in [2.05, 4.69) is 11.9 Å². The molecule has 0 fully saturated rings. The molecule has 1 heterocycles. The van der Waals surface area contributed by atoms with Crippen LogP contribution in [0.15, 0.2) is 52.4 Å². The van der Waals surface area contributed by atoms with Crippen molar-refractivity contribution in [2.75, 3.05) is 6.54 Å². The molecule has 0 bridgehead atoms. The monoisotopic (exact) mass is 229 g/mol. The number of carbonyl (C=O) groups excluding carboxylic acids is 1. The lowest BCUT2D eigenvalue weighted by atomic mass is 10.1. The summed E-state index contributed by atoms with van der Waals surface area (Å²) in [7, 11) is 0. The quantitative estimate of drug-likeness (QED) is 0.815. The number of fused-ring (bicyclic) bond motifs is 1. The average Bonchev–Trinajstić information content (AvgIpc) is 2.37. The molecule has 0 unspecified atom stereocenters. The van der Waals surface area contributed by atoms with Crippen LogP contribution in [0, 0.1) is 0 Å². The van der Waals surface area contributed by atoms with E-state index in [9.17, 15) is 9.59 Å². The summed E-state index contributed by atoms with van der Waals surface area (Å²) in [5.41, 5.74) is -0.0945. The van der Waals surface area contributed by atoms with Gasteiger partial charge in [-0.1, -0.05) is 24.3 Å². The second kappa shape index (κ2) is 4.65. The smallest absolute Gasteiger partial charge is 0.343 e. The van der Waals surface area contributed by atoms with Gasteiger partial charge < -0.3 is 9.73 Å². The topological polar surface area (TPSA) is 59.3 Å². The van der Waals surface area contributed by atoms with Crippen LogP contribution in [0.2, 0.25) is 0 Å². The highest BCUT2D eigenvalue weighted by Crippen LogP contribution is 2.14. The molecule has 0 saturated heterocycles. The van der Waals surface area contributed by atoms with E-state index in [1.165, 1.54) is 6.26 Å². The van der Waals surface area contributed by atoms with E-state index in [4.69, 9.17) is 4.42 Å². The van der Waals surface area contributed by atoms with E-state index in [-0.39, 0.29) is 5.91 Å². The van der Waals surface area contributed by atoms with E-state index in [1.807, 2.05) is 0 Å². The summed E-state index contributed by atoms with van der Waals surface area (Å²) < 4.78 is 4.83. The van der Waals surface area contributed by atoms with Crippen molar-refractivity contribution in [2.45, 2.75) is 0 Å². The lowest BCUT2D eigenvalue weighted by Crippen LogP contribution is -2.24. The molecule has 1 N–H and O–H groups in total. The molecular formula is C13H11NO3. The maximum Gasteiger partial charge on any atom is 0.343 e. The number of hydrogen-bond acceptors (Lipinski definition) is 3. The van der Waals surface area contributed by atoms with Crippen molar-refractivity contribution in [2.24, 2.45) is 0 Å². The van der Waals surface area contributed by atoms with Crippen molar-refractivity contribution in [3.8, 4) is 0 Å². The van der Waals surface area contributed by atoms with Gasteiger partial charge in [-0.3, -0.25) is 4.79 Å². The van der Waals surface area contributed by atoms with Gasteiger partial charge in [0.25, 0.3) is 5.91 Å². The first-order chi connectivity index (χ1) is 8.24. The minimum absolute atomic E-state index is 0.287. The highest BCUT2D eigenvalue weighted by Gasteiger charge is 2.11. The third-order valence-electron chi connectivity index (χ3n) is 2.37. The second-order valence-electron chi connectivity index (χ2n) is 3.48. The summed E-state index contributed by atoms with van der Waals surface area (Å²) in [4.78, 5) is 23.3. The summed E-state index contributed by atoms with van der Waals surface area (Å²) in [6, 6.07) is 6.84. The zero-order chi connectivity index (χ0) is 12.3. The van der Waals surface area contributed by atoms with Crippen molar-refractivity contribution in [1.29, 1.82) is 0 Å². The number of nitrogens with one attached hydrogen (secondary N) is 1. The molecule has 17 heavy (non-hydrogen) atoms. The SMILES string of the molecule is C=CCNC(=O)c1coc(=O)c2ccccc12. The van der Waals surface area contributed by atoms with Crippen molar-refractivity contribution in [1.82, 2.24) is 5.32 Å². The fourth-order valence-electron chi connectivity index (χ4n) is 1.57. The molecule has 4 nitrogen and oxygen atoms in total. The lowest BCUT2D eigenvalue weighted by molar-refractivity contribution is 0.0957. The minimum atomic E-state index is -0.444. The summed E-state index contributed by atoms with van der Waals surface area (Å²) in [6.45, 7) is 3.88. The number of hydrogen-bond donors (Lipinski definition) is 1. The zero-order valence-electron chi connectivity index (χ0n) is 9.10. The second-order valence-corrected chi connectivity index (χ2v) is 3.48. The molecule has 1 amide bonds. The Bertz CT molecular complexity index is 628. The Kier molecular flexibility index (Phi) is 3.05. The largest absolute Gasteiger partial charge is 0.430 e. The zero-order valence-corrected chi connectivity index (χ0v) is 9.10. The van der Waals surface area contributed by atoms with Gasteiger partial charge >= 0.3 is 5.63 Å². The molecule has 0 spiro atoms. The van der Waals surface area contributed by atoms with Gasteiger partial charge in [0.2, 0.25) is 0 Å². The van der Waals surface area contributed by atoms with E-state index in [0.717, 1.165) is 0 Å². The molecule has 0 atom stereocenters. The van der Waals surface area contributed by atoms with Crippen molar-refractivity contribution in [3.05, 3.63) is 59.2 Å². The standard InChI is InChI=1S/C13H11NO3/c1-2-7-14-12(15)11-8-17-13(16)10-6-4-3-5-9(10)11/h2-6,8H,1,7H2,(H,14,15). The van der Waals surface area contributed by atoms with Crippen molar-refractivity contribution < 1.29 is 9.21 Å². The van der Waals surface area contributed by atoms with Crippen molar-refractivity contribution >= 4 is 16.7 Å². The Hall–Kier alpha value is -2.36. The van der Waals surface area contributed by atoms with Gasteiger partial charge in [-0.05, 0) is 6.07 Å². The molecule has 4 heteroatoms. The summed E-state index contributed by atoms with van der Waals surface area (Å²) in [5, 5.41) is 3.63. The van der Waals surface area contributed by atoms with Crippen LogP contribution >= 0.6 is 0 Å². The Morgan fingerprint density at radius 3 is 2.76 bits per heavy atom. The van der Waals surface area contributed by atoms with E-state index in [0.29, 0.717) is 22.9 Å². The Labute approximate surface area is 97.6 Å². The molecule has 86 valence electrons.